The summed E-state index contributed by atoms with van der Waals surface area (Å²) in [5, 5.41) is 0. The molecule has 0 rings (SSSR count). The first-order valence-corrected chi connectivity index (χ1v) is 8.70. The normalized spacial score (nSPS) is 9.10. The van der Waals surface area contributed by atoms with Gasteiger partial charge in [0, 0.05) is 28.7 Å². The van der Waals surface area contributed by atoms with E-state index in [1.807, 2.05) is 0 Å². The molecule has 0 saturated carbocycles. The predicted molar refractivity (Wildman–Crippen MR) is 108 cm³/mol. The maximum absolute atomic E-state index is 10.9. The second-order valence-corrected chi connectivity index (χ2v) is 6.02. The van der Waals surface area contributed by atoms with Gasteiger partial charge in [-0.3, -0.25) is 0 Å². The Balaban J connectivity index is 0. The van der Waals surface area contributed by atoms with Crippen molar-refractivity contribution >= 4 is 23.9 Å². The molecule has 8 heteroatoms. The number of esters is 4. The van der Waals surface area contributed by atoms with Crippen molar-refractivity contribution in [2.45, 2.75) is 34.1 Å². The van der Waals surface area contributed by atoms with Gasteiger partial charge in [0.2, 0.25) is 0 Å². The molecule has 0 aliphatic heterocycles. The second kappa shape index (κ2) is 15.9. The number of ether oxygens (including phenoxy) is 4. The Morgan fingerprint density at radius 2 is 0.690 bits per heavy atom. The van der Waals surface area contributed by atoms with Crippen molar-refractivity contribution < 1.29 is 38.1 Å². The number of rotatable bonds is 11. The molecule has 0 aromatic rings. The van der Waals surface area contributed by atoms with Gasteiger partial charge in [-0.05, 0) is 27.7 Å². The van der Waals surface area contributed by atoms with Gasteiger partial charge in [-0.15, -0.1) is 0 Å². The van der Waals surface area contributed by atoms with E-state index < -0.39 is 23.9 Å². The van der Waals surface area contributed by atoms with E-state index in [1.165, 1.54) is 0 Å². The molecule has 0 saturated heterocycles. The third kappa shape index (κ3) is 16.7. The van der Waals surface area contributed by atoms with Crippen LogP contribution in [0.3, 0.4) is 0 Å². The highest BCUT2D eigenvalue weighted by Crippen LogP contribution is 1.96. The number of carbonyl (C=O) groups is 4. The molecule has 0 aliphatic carbocycles. The Kier molecular flexibility index (Phi) is 15.3. The van der Waals surface area contributed by atoms with Gasteiger partial charge in [0.15, 0.2) is 0 Å². The molecule has 0 radical (unpaired) electrons. The lowest BCUT2D eigenvalue weighted by Crippen LogP contribution is -2.14. The number of hydrogen-bond acceptors (Lipinski definition) is 8. The molecule has 0 heterocycles. The third-order valence-corrected chi connectivity index (χ3v) is 2.70. The maximum Gasteiger partial charge on any atom is 0.333 e. The Bertz CT molecular complexity index is 602. The van der Waals surface area contributed by atoms with Crippen LogP contribution in [0.2, 0.25) is 0 Å². The van der Waals surface area contributed by atoms with Crippen LogP contribution in [0.1, 0.15) is 34.1 Å². The minimum Gasteiger partial charge on any atom is -0.462 e. The van der Waals surface area contributed by atoms with Crippen molar-refractivity contribution in [1.82, 2.24) is 0 Å². The Labute approximate surface area is 171 Å². The molecule has 162 valence electrons. The van der Waals surface area contributed by atoms with Crippen molar-refractivity contribution in [3.05, 3.63) is 48.6 Å². The summed E-state index contributed by atoms with van der Waals surface area (Å²) >= 11 is 0. The van der Waals surface area contributed by atoms with Gasteiger partial charge in [-0.2, -0.15) is 0 Å². The van der Waals surface area contributed by atoms with Crippen LogP contribution in [0.25, 0.3) is 0 Å². The van der Waals surface area contributed by atoms with E-state index in [4.69, 9.17) is 9.47 Å². The van der Waals surface area contributed by atoms with Gasteiger partial charge >= 0.3 is 23.9 Å². The van der Waals surface area contributed by atoms with Gasteiger partial charge in [0.1, 0.15) is 13.2 Å². The molecule has 0 N–H and O–H groups in total. The molecular weight excluding hydrogens is 380 g/mol. The van der Waals surface area contributed by atoms with Crippen LogP contribution >= 0.6 is 0 Å². The van der Waals surface area contributed by atoms with Gasteiger partial charge in [0.05, 0.1) is 13.2 Å². The molecule has 0 atom stereocenters. The quantitative estimate of drug-likeness (QED) is 0.222. The molecule has 8 nitrogen and oxygen atoms in total. The minimum absolute atomic E-state index is 0.0325. The first-order chi connectivity index (χ1) is 13.4. The molecule has 0 bridgehead atoms. The standard InChI is InChI=1S/C11H16O4.C10H14O4/c1-8(2)10(12)14-6-5-7-15-11(13)9(3)4;1-7(2)9(11)13-5-6-14-10(12)8(3)4/h1,3,5-7H2,2,4H3;1,3,5-6H2,2,4H3. The van der Waals surface area contributed by atoms with Crippen LogP contribution in [0.15, 0.2) is 48.6 Å². The molecule has 0 aromatic heterocycles. The SMILES string of the molecule is C=C(C)C(=O)OCCCOC(=O)C(=C)C.C=C(C)C(=O)OCCOC(=O)C(=C)C. The summed E-state index contributed by atoms with van der Waals surface area (Å²) in [5.74, 6) is -1.84. The molecule has 0 aliphatic rings. The van der Waals surface area contributed by atoms with E-state index in [0.29, 0.717) is 28.7 Å². The summed E-state index contributed by atoms with van der Waals surface area (Å²) < 4.78 is 19.0. The smallest absolute Gasteiger partial charge is 0.333 e. The zero-order valence-electron chi connectivity index (χ0n) is 17.6. The Morgan fingerprint density at radius 1 is 0.483 bits per heavy atom. The summed E-state index contributed by atoms with van der Waals surface area (Å²) in [6, 6.07) is 0. The maximum atomic E-state index is 10.9. The van der Waals surface area contributed by atoms with Crippen molar-refractivity contribution in [1.29, 1.82) is 0 Å². The molecule has 0 fully saturated rings. The molecule has 0 amide bonds. The van der Waals surface area contributed by atoms with Crippen molar-refractivity contribution in [3.8, 4) is 0 Å². The van der Waals surface area contributed by atoms with E-state index in [1.54, 1.807) is 27.7 Å². The van der Waals surface area contributed by atoms with Crippen LogP contribution < -0.4 is 0 Å². The molecular formula is C21H30O8. The molecule has 0 spiro atoms. The Hall–Kier alpha value is -3.16. The van der Waals surface area contributed by atoms with E-state index in [2.05, 4.69) is 35.8 Å². The van der Waals surface area contributed by atoms with Crippen LogP contribution in [0.5, 0.6) is 0 Å². The van der Waals surface area contributed by atoms with Crippen LogP contribution in [0, 0.1) is 0 Å². The summed E-state index contributed by atoms with van der Waals surface area (Å²) in [4.78, 5) is 43.5. The largest absolute Gasteiger partial charge is 0.462 e. The van der Waals surface area contributed by atoms with Crippen LogP contribution in [0.4, 0.5) is 0 Å². The van der Waals surface area contributed by atoms with E-state index in [0.717, 1.165) is 0 Å². The summed E-state index contributed by atoms with van der Waals surface area (Å²) in [5.41, 5.74) is 1.34. The zero-order chi connectivity index (χ0) is 23.0. The molecule has 0 aromatic carbocycles. The average molecular weight is 410 g/mol. The van der Waals surface area contributed by atoms with Gasteiger partial charge in [-0.1, -0.05) is 26.3 Å². The first-order valence-electron chi connectivity index (χ1n) is 8.70. The fraction of sp³-hybridized carbons (Fsp3) is 0.429. The topological polar surface area (TPSA) is 105 Å². The third-order valence-electron chi connectivity index (χ3n) is 2.70. The fourth-order valence-electron chi connectivity index (χ4n) is 1.15. The lowest BCUT2D eigenvalue weighted by atomic mass is 10.3. The van der Waals surface area contributed by atoms with E-state index in [9.17, 15) is 19.2 Å². The summed E-state index contributed by atoms with van der Waals surface area (Å²) in [6.45, 7) is 20.4. The Morgan fingerprint density at radius 3 is 0.897 bits per heavy atom. The van der Waals surface area contributed by atoms with Gasteiger partial charge in [0.25, 0.3) is 0 Å². The van der Waals surface area contributed by atoms with Gasteiger partial charge < -0.3 is 18.9 Å². The number of carbonyl (C=O) groups excluding carboxylic acids is 4. The highest BCUT2D eigenvalue weighted by atomic mass is 16.6. The lowest BCUT2D eigenvalue weighted by molar-refractivity contribution is -0.147. The van der Waals surface area contributed by atoms with E-state index >= 15 is 0 Å². The van der Waals surface area contributed by atoms with E-state index in [-0.39, 0.29) is 26.4 Å². The monoisotopic (exact) mass is 410 g/mol. The lowest BCUT2D eigenvalue weighted by Gasteiger charge is -2.05. The molecule has 0 unspecified atom stereocenters. The second-order valence-electron chi connectivity index (χ2n) is 6.02. The predicted octanol–water partition coefficient (Wildman–Crippen LogP) is 2.84. The van der Waals surface area contributed by atoms with Crippen molar-refractivity contribution in [3.63, 3.8) is 0 Å². The number of hydrogen-bond donors (Lipinski definition) is 0. The van der Waals surface area contributed by atoms with Crippen LogP contribution in [-0.2, 0) is 38.1 Å². The van der Waals surface area contributed by atoms with Crippen LogP contribution in [-0.4, -0.2) is 50.3 Å². The van der Waals surface area contributed by atoms with Crippen molar-refractivity contribution in [2.24, 2.45) is 0 Å². The molecule has 29 heavy (non-hydrogen) atoms. The fourth-order valence-corrected chi connectivity index (χ4v) is 1.15. The highest BCUT2D eigenvalue weighted by Gasteiger charge is 2.06. The highest BCUT2D eigenvalue weighted by molar-refractivity contribution is 5.88. The first kappa shape index (κ1) is 28.1. The summed E-state index contributed by atoms with van der Waals surface area (Å²) in [6.07, 6.45) is 0.470. The van der Waals surface area contributed by atoms with Gasteiger partial charge in [-0.25, -0.2) is 19.2 Å². The average Bonchev–Trinajstić information content (AvgIpc) is 2.64. The van der Waals surface area contributed by atoms with Crippen molar-refractivity contribution in [2.75, 3.05) is 26.4 Å². The summed E-state index contributed by atoms with van der Waals surface area (Å²) in [7, 11) is 0. The zero-order valence-corrected chi connectivity index (χ0v) is 17.6. The minimum atomic E-state index is -0.489.